The Hall–Kier alpha value is -1.42. The molecule has 0 radical (unpaired) electrons. The van der Waals surface area contributed by atoms with Crippen LogP contribution in [0.3, 0.4) is 0 Å². The summed E-state index contributed by atoms with van der Waals surface area (Å²) in [5.74, 6) is 0. The summed E-state index contributed by atoms with van der Waals surface area (Å²) in [5.41, 5.74) is 3.46. The summed E-state index contributed by atoms with van der Waals surface area (Å²) in [5, 5.41) is 10.3. The predicted molar refractivity (Wildman–Crippen MR) is 68.9 cm³/mol. The Balaban J connectivity index is 1.97. The fraction of sp³-hybridized carbons (Fsp3) is 0.250. The third-order valence-corrected chi connectivity index (χ3v) is 3.25. The van der Waals surface area contributed by atoms with Crippen LogP contribution in [0, 0.1) is 6.92 Å². The van der Waals surface area contributed by atoms with E-state index in [1.807, 2.05) is 13.1 Å². The number of nitrogens with one attached hydrogen (secondary N) is 2. The van der Waals surface area contributed by atoms with Gasteiger partial charge in [-0.1, -0.05) is 0 Å². The summed E-state index contributed by atoms with van der Waals surface area (Å²) in [6.07, 6.45) is 3.94. The van der Waals surface area contributed by atoms with Crippen LogP contribution in [-0.4, -0.2) is 16.5 Å². The molecule has 0 bridgehead atoms. The predicted octanol–water partition coefficient (Wildman–Crippen LogP) is 3.05. The van der Waals surface area contributed by atoms with Crippen LogP contribution < -0.4 is 5.32 Å². The van der Waals surface area contributed by atoms with Crippen molar-refractivity contribution < 1.29 is 0 Å². The second-order valence-corrected chi connectivity index (χ2v) is 4.48. The average Bonchev–Trinajstić information content (AvgIpc) is 2.73. The lowest BCUT2D eigenvalue weighted by Gasteiger charge is -2.06. The number of hydrogen-bond donors (Lipinski definition) is 2. The van der Waals surface area contributed by atoms with Gasteiger partial charge in [-0.2, -0.15) is 5.10 Å². The summed E-state index contributed by atoms with van der Waals surface area (Å²) in [4.78, 5) is 1.28. The maximum Gasteiger partial charge on any atom is 0.0539 e. The summed E-state index contributed by atoms with van der Waals surface area (Å²) in [6.45, 7) is 2.84. The summed E-state index contributed by atoms with van der Waals surface area (Å²) in [7, 11) is 0. The van der Waals surface area contributed by atoms with Crippen molar-refractivity contribution in [2.75, 3.05) is 11.6 Å². The molecule has 0 atom stereocenters. The minimum atomic E-state index is 0.806. The fourth-order valence-corrected chi connectivity index (χ4v) is 1.87. The van der Waals surface area contributed by atoms with Crippen LogP contribution in [0.15, 0.2) is 35.4 Å². The van der Waals surface area contributed by atoms with E-state index in [2.05, 4.69) is 46.0 Å². The quantitative estimate of drug-likeness (QED) is 0.797. The van der Waals surface area contributed by atoms with E-state index < -0.39 is 0 Å². The maximum absolute atomic E-state index is 3.99. The molecule has 16 heavy (non-hydrogen) atoms. The maximum atomic E-state index is 3.99. The molecule has 1 aromatic heterocycles. The van der Waals surface area contributed by atoms with Crippen molar-refractivity contribution in [3.63, 3.8) is 0 Å². The molecule has 1 aromatic carbocycles. The Morgan fingerprint density at radius 2 is 2.06 bits per heavy atom. The topological polar surface area (TPSA) is 40.7 Å². The molecule has 0 aliphatic rings. The highest BCUT2D eigenvalue weighted by atomic mass is 32.2. The van der Waals surface area contributed by atoms with E-state index in [1.54, 1.807) is 11.8 Å². The van der Waals surface area contributed by atoms with Gasteiger partial charge in [0.2, 0.25) is 0 Å². The molecule has 0 aliphatic heterocycles. The first-order valence-corrected chi connectivity index (χ1v) is 6.39. The zero-order chi connectivity index (χ0) is 11.4. The monoisotopic (exact) mass is 233 g/mol. The molecule has 0 spiro atoms. The number of rotatable bonds is 4. The number of nitrogens with zero attached hydrogens (tertiary/aromatic N) is 1. The number of H-pyrrole nitrogens is 1. The summed E-state index contributed by atoms with van der Waals surface area (Å²) in [6, 6.07) is 8.44. The first-order chi connectivity index (χ1) is 7.79. The molecule has 0 fully saturated rings. The first-order valence-electron chi connectivity index (χ1n) is 5.16. The molecule has 0 unspecified atom stereocenters. The van der Waals surface area contributed by atoms with Gasteiger partial charge in [0.25, 0.3) is 0 Å². The average molecular weight is 233 g/mol. The Morgan fingerprint density at radius 3 is 2.62 bits per heavy atom. The van der Waals surface area contributed by atoms with Gasteiger partial charge in [-0.3, -0.25) is 5.10 Å². The van der Waals surface area contributed by atoms with E-state index in [-0.39, 0.29) is 0 Å². The lowest BCUT2D eigenvalue weighted by Crippen LogP contribution is -1.99. The van der Waals surface area contributed by atoms with E-state index in [1.165, 1.54) is 10.5 Å². The Bertz CT molecular complexity index is 448. The van der Waals surface area contributed by atoms with Gasteiger partial charge in [0.05, 0.1) is 6.20 Å². The smallest absolute Gasteiger partial charge is 0.0539 e. The standard InChI is InChI=1S/C12H15N3S/c1-9-10(8-14-15-9)7-13-11-3-5-12(16-2)6-4-11/h3-6,8,13H,7H2,1-2H3,(H,14,15). The largest absolute Gasteiger partial charge is 0.381 e. The molecule has 0 saturated heterocycles. The van der Waals surface area contributed by atoms with Crippen LogP contribution >= 0.6 is 11.8 Å². The highest BCUT2D eigenvalue weighted by Crippen LogP contribution is 2.18. The van der Waals surface area contributed by atoms with Crippen molar-refractivity contribution >= 4 is 17.4 Å². The third kappa shape index (κ3) is 2.58. The summed E-state index contributed by atoms with van der Waals surface area (Å²) < 4.78 is 0. The SMILES string of the molecule is CSc1ccc(NCc2cn[nH]c2C)cc1. The minimum absolute atomic E-state index is 0.806. The molecular formula is C12H15N3S. The van der Waals surface area contributed by atoms with Crippen LogP contribution in [0.25, 0.3) is 0 Å². The van der Waals surface area contributed by atoms with Gasteiger partial charge in [0.1, 0.15) is 0 Å². The highest BCUT2D eigenvalue weighted by molar-refractivity contribution is 7.98. The van der Waals surface area contributed by atoms with Crippen molar-refractivity contribution in [1.82, 2.24) is 10.2 Å². The van der Waals surface area contributed by atoms with Crippen molar-refractivity contribution in [3.8, 4) is 0 Å². The van der Waals surface area contributed by atoms with Gasteiger partial charge >= 0.3 is 0 Å². The van der Waals surface area contributed by atoms with Gasteiger partial charge in [0.15, 0.2) is 0 Å². The highest BCUT2D eigenvalue weighted by Gasteiger charge is 1.99. The third-order valence-electron chi connectivity index (χ3n) is 2.51. The van der Waals surface area contributed by atoms with E-state index in [0.29, 0.717) is 0 Å². The first kappa shape index (κ1) is 11.1. The van der Waals surface area contributed by atoms with E-state index >= 15 is 0 Å². The fourth-order valence-electron chi connectivity index (χ4n) is 1.46. The number of aryl methyl sites for hydroxylation is 1. The zero-order valence-corrected chi connectivity index (χ0v) is 10.3. The molecule has 84 valence electrons. The molecule has 2 N–H and O–H groups in total. The number of benzene rings is 1. The Kier molecular flexibility index (Phi) is 3.51. The van der Waals surface area contributed by atoms with E-state index in [9.17, 15) is 0 Å². The molecule has 1 heterocycles. The Morgan fingerprint density at radius 1 is 1.31 bits per heavy atom. The van der Waals surface area contributed by atoms with Gasteiger partial charge in [-0.25, -0.2) is 0 Å². The van der Waals surface area contributed by atoms with Gasteiger partial charge in [-0.15, -0.1) is 11.8 Å². The van der Waals surface area contributed by atoms with Crippen LogP contribution in [0.1, 0.15) is 11.3 Å². The minimum Gasteiger partial charge on any atom is -0.381 e. The second-order valence-electron chi connectivity index (χ2n) is 3.60. The van der Waals surface area contributed by atoms with Crippen LogP contribution in [0.5, 0.6) is 0 Å². The number of hydrogen-bond acceptors (Lipinski definition) is 3. The zero-order valence-electron chi connectivity index (χ0n) is 9.45. The molecule has 0 saturated carbocycles. The van der Waals surface area contributed by atoms with Crippen LogP contribution in [-0.2, 0) is 6.54 Å². The van der Waals surface area contributed by atoms with E-state index in [0.717, 1.165) is 17.9 Å². The van der Waals surface area contributed by atoms with Crippen molar-refractivity contribution in [2.24, 2.45) is 0 Å². The van der Waals surface area contributed by atoms with Gasteiger partial charge < -0.3 is 5.32 Å². The lowest BCUT2D eigenvalue weighted by atomic mass is 10.2. The molecule has 0 amide bonds. The molecule has 2 aromatic rings. The molecule has 4 heteroatoms. The van der Waals surface area contributed by atoms with E-state index in [4.69, 9.17) is 0 Å². The number of aromatic amines is 1. The summed E-state index contributed by atoms with van der Waals surface area (Å²) >= 11 is 1.75. The molecule has 3 nitrogen and oxygen atoms in total. The second kappa shape index (κ2) is 5.07. The number of anilines is 1. The Labute approximate surface area is 99.7 Å². The van der Waals surface area contributed by atoms with Crippen molar-refractivity contribution in [3.05, 3.63) is 41.7 Å². The lowest BCUT2D eigenvalue weighted by molar-refractivity contribution is 1.04. The van der Waals surface area contributed by atoms with Crippen LogP contribution in [0.4, 0.5) is 5.69 Å². The van der Waals surface area contributed by atoms with Crippen LogP contribution in [0.2, 0.25) is 0 Å². The molecule has 2 rings (SSSR count). The number of thioether (sulfide) groups is 1. The van der Waals surface area contributed by atoms with Crippen molar-refractivity contribution in [1.29, 1.82) is 0 Å². The van der Waals surface area contributed by atoms with Crippen molar-refractivity contribution in [2.45, 2.75) is 18.4 Å². The van der Waals surface area contributed by atoms with Gasteiger partial charge in [0, 0.05) is 28.4 Å². The van der Waals surface area contributed by atoms with Gasteiger partial charge in [-0.05, 0) is 37.4 Å². The normalized spacial score (nSPS) is 10.4. The number of aromatic nitrogens is 2. The molecular weight excluding hydrogens is 218 g/mol. The molecule has 0 aliphatic carbocycles.